The summed E-state index contributed by atoms with van der Waals surface area (Å²) in [5.74, 6) is 0.502. The van der Waals surface area contributed by atoms with E-state index in [9.17, 15) is 4.79 Å². The molecule has 0 saturated carbocycles. The van der Waals surface area contributed by atoms with Crippen molar-refractivity contribution in [1.29, 1.82) is 0 Å². The van der Waals surface area contributed by atoms with Crippen LogP contribution in [0.15, 0.2) is 59.7 Å². The molecule has 4 nitrogen and oxygen atoms in total. The predicted octanol–water partition coefficient (Wildman–Crippen LogP) is 3.90. The Morgan fingerprint density at radius 2 is 1.78 bits per heavy atom. The monoisotopic (exact) mass is 328 g/mol. The maximum absolute atomic E-state index is 11.7. The fraction of sp³-hybridized carbons (Fsp3) is 0.111. The average molecular weight is 329 g/mol. The van der Waals surface area contributed by atoms with E-state index in [2.05, 4.69) is 10.5 Å². The Labute approximate surface area is 140 Å². The fourth-order valence-corrected chi connectivity index (χ4v) is 1.90. The molecule has 0 aliphatic heterocycles. The zero-order valence-corrected chi connectivity index (χ0v) is 13.5. The SMILES string of the molecule is CCOc1ccc(/C=N\NC(=O)/C=C/c2ccc(Cl)cc2)cc1. The van der Waals surface area contributed by atoms with Crippen molar-refractivity contribution in [2.45, 2.75) is 6.92 Å². The summed E-state index contributed by atoms with van der Waals surface area (Å²) in [5.41, 5.74) is 4.20. The highest BCUT2D eigenvalue weighted by Gasteiger charge is 1.94. The zero-order chi connectivity index (χ0) is 16.5. The first-order valence-electron chi connectivity index (χ1n) is 7.17. The summed E-state index contributed by atoms with van der Waals surface area (Å²) in [6, 6.07) is 14.6. The van der Waals surface area contributed by atoms with Crippen molar-refractivity contribution in [2.24, 2.45) is 5.10 Å². The van der Waals surface area contributed by atoms with Gasteiger partial charge in [-0.1, -0.05) is 23.7 Å². The van der Waals surface area contributed by atoms with Crippen LogP contribution in [0.4, 0.5) is 0 Å². The lowest BCUT2D eigenvalue weighted by Gasteiger charge is -2.01. The minimum absolute atomic E-state index is 0.304. The van der Waals surface area contributed by atoms with Crippen molar-refractivity contribution in [3.05, 3.63) is 70.8 Å². The van der Waals surface area contributed by atoms with Gasteiger partial charge in [-0.25, -0.2) is 5.43 Å². The van der Waals surface area contributed by atoms with E-state index in [0.717, 1.165) is 16.9 Å². The van der Waals surface area contributed by atoms with Crippen molar-refractivity contribution in [3.63, 3.8) is 0 Å². The molecular formula is C18H17ClN2O2. The van der Waals surface area contributed by atoms with Crippen molar-refractivity contribution in [2.75, 3.05) is 6.61 Å². The molecule has 5 heteroatoms. The predicted molar refractivity (Wildman–Crippen MR) is 93.8 cm³/mol. The average Bonchev–Trinajstić information content (AvgIpc) is 2.56. The number of hydrazone groups is 1. The molecule has 2 aromatic carbocycles. The molecule has 0 radical (unpaired) electrons. The lowest BCUT2D eigenvalue weighted by atomic mass is 10.2. The molecule has 0 spiro atoms. The number of benzene rings is 2. The number of nitrogens with one attached hydrogen (secondary N) is 1. The van der Waals surface area contributed by atoms with Gasteiger partial charge in [-0.05, 0) is 60.5 Å². The number of nitrogens with zero attached hydrogens (tertiary/aromatic N) is 1. The number of halogens is 1. The molecule has 118 valence electrons. The van der Waals surface area contributed by atoms with E-state index in [-0.39, 0.29) is 5.91 Å². The van der Waals surface area contributed by atoms with Gasteiger partial charge in [0.15, 0.2) is 0 Å². The standard InChI is InChI=1S/C18H17ClN2O2/c1-2-23-17-10-5-15(6-11-17)13-20-21-18(22)12-7-14-3-8-16(19)9-4-14/h3-13H,2H2,1H3,(H,21,22)/b12-7+,20-13-. The first-order valence-corrected chi connectivity index (χ1v) is 7.54. The van der Waals surface area contributed by atoms with Crippen LogP contribution >= 0.6 is 11.6 Å². The van der Waals surface area contributed by atoms with E-state index in [1.165, 1.54) is 6.08 Å². The third kappa shape index (κ3) is 5.96. The van der Waals surface area contributed by atoms with Gasteiger partial charge < -0.3 is 4.74 Å². The Bertz CT molecular complexity index is 692. The van der Waals surface area contributed by atoms with Crippen LogP contribution in [0.25, 0.3) is 6.08 Å². The summed E-state index contributed by atoms with van der Waals surface area (Å²) >= 11 is 5.80. The number of ether oxygens (including phenoxy) is 1. The Morgan fingerprint density at radius 1 is 1.13 bits per heavy atom. The van der Waals surface area contributed by atoms with Gasteiger partial charge in [-0.15, -0.1) is 0 Å². The molecule has 0 aliphatic rings. The van der Waals surface area contributed by atoms with E-state index in [1.807, 2.05) is 43.3 Å². The highest BCUT2D eigenvalue weighted by Crippen LogP contribution is 2.11. The van der Waals surface area contributed by atoms with Gasteiger partial charge >= 0.3 is 0 Å². The van der Waals surface area contributed by atoms with E-state index in [0.29, 0.717) is 11.6 Å². The Balaban J connectivity index is 1.84. The van der Waals surface area contributed by atoms with Gasteiger partial charge in [0.2, 0.25) is 0 Å². The van der Waals surface area contributed by atoms with Crippen LogP contribution in [0, 0.1) is 0 Å². The molecule has 0 unspecified atom stereocenters. The van der Waals surface area contributed by atoms with E-state index in [4.69, 9.17) is 16.3 Å². The molecule has 0 atom stereocenters. The number of hydrogen-bond donors (Lipinski definition) is 1. The van der Waals surface area contributed by atoms with E-state index in [1.54, 1.807) is 24.4 Å². The number of carbonyl (C=O) groups is 1. The second-order valence-electron chi connectivity index (χ2n) is 4.62. The smallest absolute Gasteiger partial charge is 0.264 e. The van der Waals surface area contributed by atoms with Gasteiger partial charge in [0, 0.05) is 11.1 Å². The molecule has 0 heterocycles. The molecule has 0 aromatic heterocycles. The van der Waals surface area contributed by atoms with Gasteiger partial charge in [-0.2, -0.15) is 5.10 Å². The summed E-state index contributed by atoms with van der Waals surface area (Å²) in [7, 11) is 0. The van der Waals surface area contributed by atoms with Crippen LogP contribution < -0.4 is 10.2 Å². The summed E-state index contributed by atoms with van der Waals surface area (Å²) in [6.45, 7) is 2.56. The summed E-state index contributed by atoms with van der Waals surface area (Å²) in [5, 5.41) is 4.56. The number of amides is 1. The third-order valence-electron chi connectivity index (χ3n) is 2.88. The van der Waals surface area contributed by atoms with Crippen molar-refractivity contribution in [1.82, 2.24) is 5.43 Å². The van der Waals surface area contributed by atoms with Crippen LogP contribution in [-0.2, 0) is 4.79 Å². The number of rotatable bonds is 6. The topological polar surface area (TPSA) is 50.7 Å². The molecule has 0 saturated heterocycles. The maximum Gasteiger partial charge on any atom is 0.264 e. The van der Waals surface area contributed by atoms with Crippen molar-refractivity contribution < 1.29 is 9.53 Å². The highest BCUT2D eigenvalue weighted by atomic mass is 35.5. The number of hydrogen-bond acceptors (Lipinski definition) is 3. The number of carbonyl (C=O) groups excluding carboxylic acids is 1. The van der Waals surface area contributed by atoms with Gasteiger partial charge in [0.1, 0.15) is 5.75 Å². The second kappa shape index (κ2) is 8.76. The van der Waals surface area contributed by atoms with Crippen LogP contribution in [0.5, 0.6) is 5.75 Å². The Kier molecular flexibility index (Phi) is 6.39. The quantitative estimate of drug-likeness (QED) is 0.496. The molecule has 23 heavy (non-hydrogen) atoms. The van der Waals surface area contributed by atoms with E-state index < -0.39 is 0 Å². The summed E-state index contributed by atoms with van der Waals surface area (Å²) in [4.78, 5) is 11.7. The second-order valence-corrected chi connectivity index (χ2v) is 5.06. The normalized spacial score (nSPS) is 11.0. The third-order valence-corrected chi connectivity index (χ3v) is 3.13. The molecule has 2 rings (SSSR count). The molecule has 0 fully saturated rings. The van der Waals surface area contributed by atoms with Gasteiger partial charge in [0.05, 0.1) is 12.8 Å². The summed E-state index contributed by atoms with van der Waals surface area (Å²) < 4.78 is 5.35. The van der Waals surface area contributed by atoms with Crippen LogP contribution in [0.1, 0.15) is 18.1 Å². The molecule has 1 N–H and O–H groups in total. The lowest BCUT2D eigenvalue weighted by molar-refractivity contribution is -0.116. The molecule has 1 amide bonds. The highest BCUT2D eigenvalue weighted by molar-refractivity contribution is 6.30. The summed E-state index contributed by atoms with van der Waals surface area (Å²) in [6.07, 6.45) is 4.68. The first kappa shape index (κ1) is 16.8. The van der Waals surface area contributed by atoms with Gasteiger partial charge in [-0.3, -0.25) is 4.79 Å². The minimum Gasteiger partial charge on any atom is -0.494 e. The Hall–Kier alpha value is -2.59. The molecular weight excluding hydrogens is 312 g/mol. The molecule has 0 aliphatic carbocycles. The largest absolute Gasteiger partial charge is 0.494 e. The van der Waals surface area contributed by atoms with Crippen molar-refractivity contribution in [3.8, 4) is 5.75 Å². The molecule has 0 bridgehead atoms. The zero-order valence-electron chi connectivity index (χ0n) is 12.7. The van der Waals surface area contributed by atoms with Crippen LogP contribution in [-0.4, -0.2) is 18.7 Å². The maximum atomic E-state index is 11.7. The van der Waals surface area contributed by atoms with Crippen molar-refractivity contribution >= 4 is 29.8 Å². The van der Waals surface area contributed by atoms with Crippen LogP contribution in [0.3, 0.4) is 0 Å². The van der Waals surface area contributed by atoms with Gasteiger partial charge in [0.25, 0.3) is 5.91 Å². The fourth-order valence-electron chi connectivity index (χ4n) is 1.77. The van der Waals surface area contributed by atoms with Crippen LogP contribution in [0.2, 0.25) is 5.02 Å². The minimum atomic E-state index is -0.304. The first-order chi connectivity index (χ1) is 11.2. The Morgan fingerprint density at radius 3 is 2.43 bits per heavy atom. The molecule has 2 aromatic rings. The lowest BCUT2D eigenvalue weighted by Crippen LogP contribution is -2.14. The van der Waals surface area contributed by atoms with E-state index >= 15 is 0 Å².